The maximum Gasteiger partial charge on any atom is 0.230 e. The second-order valence-corrected chi connectivity index (χ2v) is 12.0. The number of hydrogen-bond acceptors (Lipinski definition) is 7. The number of carbonyl (C=O) groups excluding carboxylic acids is 1. The lowest BCUT2D eigenvalue weighted by Gasteiger charge is -2.22. The summed E-state index contributed by atoms with van der Waals surface area (Å²) < 4.78 is 28.0. The van der Waals surface area contributed by atoms with Gasteiger partial charge in [0.05, 0.1) is 23.2 Å². The van der Waals surface area contributed by atoms with Crippen LogP contribution < -0.4 is 25.4 Å². The molecule has 0 spiro atoms. The number of aromatic nitrogens is 1. The van der Waals surface area contributed by atoms with Gasteiger partial charge in [-0.15, -0.1) is 36.2 Å². The van der Waals surface area contributed by atoms with Gasteiger partial charge < -0.3 is 25.4 Å². The molecular formula is C34H33Cl2FN4O3S2. The molecule has 0 saturated carbocycles. The normalized spacial score (nSPS) is 12.8. The summed E-state index contributed by atoms with van der Waals surface area (Å²) in [6.45, 7) is 2.85. The van der Waals surface area contributed by atoms with Crippen LogP contribution in [-0.2, 0) is 11.2 Å². The first kappa shape index (κ1) is 35.1. The number of thiophene rings is 1. The molecule has 0 aliphatic carbocycles. The largest absolute Gasteiger partial charge is 0.493 e. The third kappa shape index (κ3) is 9.14. The van der Waals surface area contributed by atoms with Crippen LogP contribution in [0.25, 0.3) is 20.7 Å². The number of fused-ring (bicyclic) bond motifs is 1. The molecule has 3 aromatic carbocycles. The maximum atomic E-state index is 15.1. The van der Waals surface area contributed by atoms with Gasteiger partial charge in [-0.3, -0.25) is 9.78 Å². The van der Waals surface area contributed by atoms with Gasteiger partial charge in [0, 0.05) is 28.9 Å². The lowest BCUT2D eigenvalue weighted by molar-refractivity contribution is -0.119. The van der Waals surface area contributed by atoms with Crippen LogP contribution in [0.3, 0.4) is 0 Å². The van der Waals surface area contributed by atoms with Crippen LogP contribution in [0.5, 0.6) is 17.2 Å². The number of ether oxygens (including phenoxy) is 2. The van der Waals surface area contributed by atoms with Crippen molar-refractivity contribution < 1.29 is 18.7 Å². The van der Waals surface area contributed by atoms with Crippen molar-refractivity contribution in [1.82, 2.24) is 15.6 Å². The lowest BCUT2D eigenvalue weighted by atomic mass is 9.99. The average Bonchev–Trinajstić information content (AvgIpc) is 3.48. The molecule has 0 bridgehead atoms. The summed E-state index contributed by atoms with van der Waals surface area (Å²) >= 11 is 6.78. The van der Waals surface area contributed by atoms with E-state index in [2.05, 4.69) is 20.9 Å². The van der Waals surface area contributed by atoms with Crippen molar-refractivity contribution in [2.45, 2.75) is 19.3 Å². The number of benzene rings is 3. The number of nitrogens with one attached hydrogen (secondary N) is 3. The standard InChI is InChI=1S/C34H31FN4O3S2.2ClH/c35-27-19-25(38-34(43)39-32(40)18-22-4-2-1-3-5-22)8-11-29(27)42-30-14-17-37-28-20-31(44-33(28)30)24-6-9-26(10-7-24)41-21-23-12-15-36-16-13-23;;/h1-11,14,17,19-20,23,36H,12-13,15-16,18,21H2,(H2,38,39,40,43);2*1H. The van der Waals surface area contributed by atoms with E-state index in [0.29, 0.717) is 17.4 Å². The molecule has 46 heavy (non-hydrogen) atoms. The Labute approximate surface area is 288 Å². The Morgan fingerprint density at radius 3 is 2.48 bits per heavy atom. The molecule has 0 radical (unpaired) electrons. The molecule has 2 aromatic heterocycles. The predicted molar refractivity (Wildman–Crippen MR) is 192 cm³/mol. The summed E-state index contributed by atoms with van der Waals surface area (Å²) in [6.07, 6.45) is 4.13. The van der Waals surface area contributed by atoms with Crippen molar-refractivity contribution >= 4 is 75.3 Å². The van der Waals surface area contributed by atoms with Gasteiger partial charge in [-0.2, -0.15) is 0 Å². The van der Waals surface area contributed by atoms with Crippen LogP contribution in [-0.4, -0.2) is 35.7 Å². The van der Waals surface area contributed by atoms with E-state index in [4.69, 9.17) is 21.7 Å². The number of piperidine rings is 1. The number of amides is 1. The number of thiocarbonyl (C=S) groups is 1. The van der Waals surface area contributed by atoms with Crippen LogP contribution in [0.2, 0.25) is 0 Å². The third-order valence-electron chi connectivity index (χ3n) is 7.33. The third-order valence-corrected chi connectivity index (χ3v) is 8.72. The Morgan fingerprint density at radius 1 is 0.978 bits per heavy atom. The van der Waals surface area contributed by atoms with Crippen molar-refractivity contribution in [2.24, 2.45) is 5.92 Å². The number of nitrogens with zero attached hydrogens (tertiary/aromatic N) is 1. The van der Waals surface area contributed by atoms with Gasteiger partial charge in [0.2, 0.25) is 5.91 Å². The molecule has 0 atom stereocenters. The molecular weight excluding hydrogens is 666 g/mol. The van der Waals surface area contributed by atoms with Crippen molar-refractivity contribution in [3.63, 3.8) is 0 Å². The number of pyridine rings is 1. The van der Waals surface area contributed by atoms with E-state index in [1.165, 1.54) is 23.5 Å². The quantitative estimate of drug-likeness (QED) is 0.134. The second kappa shape index (κ2) is 16.7. The highest BCUT2D eigenvalue weighted by molar-refractivity contribution is 7.80. The van der Waals surface area contributed by atoms with Crippen LogP contribution in [0.15, 0.2) is 91.1 Å². The van der Waals surface area contributed by atoms with Gasteiger partial charge in [0.25, 0.3) is 0 Å². The molecule has 3 heterocycles. The van der Waals surface area contributed by atoms with Crippen molar-refractivity contribution in [1.29, 1.82) is 0 Å². The first-order valence-electron chi connectivity index (χ1n) is 14.4. The highest BCUT2D eigenvalue weighted by Gasteiger charge is 2.16. The van der Waals surface area contributed by atoms with E-state index in [9.17, 15) is 4.79 Å². The van der Waals surface area contributed by atoms with E-state index in [1.807, 2.05) is 60.7 Å². The highest BCUT2D eigenvalue weighted by Crippen LogP contribution is 2.40. The number of carbonyl (C=O) groups is 1. The zero-order valence-corrected chi connectivity index (χ0v) is 27.9. The van der Waals surface area contributed by atoms with Gasteiger partial charge in [-0.1, -0.05) is 30.3 Å². The summed E-state index contributed by atoms with van der Waals surface area (Å²) in [7, 11) is 0. The molecule has 1 aliphatic rings. The van der Waals surface area contributed by atoms with Crippen molar-refractivity contribution in [3.05, 3.63) is 103 Å². The topological polar surface area (TPSA) is 84.5 Å². The van der Waals surface area contributed by atoms with Crippen LogP contribution in [0.1, 0.15) is 18.4 Å². The van der Waals surface area contributed by atoms with Crippen LogP contribution in [0, 0.1) is 11.7 Å². The van der Waals surface area contributed by atoms with Gasteiger partial charge in [-0.05, 0) is 97.7 Å². The minimum atomic E-state index is -0.574. The first-order chi connectivity index (χ1) is 21.5. The molecule has 3 N–H and O–H groups in total. The van der Waals surface area contributed by atoms with E-state index >= 15 is 4.39 Å². The minimum absolute atomic E-state index is 0. The Balaban J connectivity index is 0.00000240. The van der Waals surface area contributed by atoms with Crippen LogP contribution >= 0.6 is 48.4 Å². The Hall–Kier alpha value is -3.80. The number of hydrogen-bond donors (Lipinski definition) is 3. The summed E-state index contributed by atoms with van der Waals surface area (Å²) in [5.74, 6) is 1.19. The van der Waals surface area contributed by atoms with E-state index < -0.39 is 5.82 Å². The zero-order chi connectivity index (χ0) is 30.3. The van der Waals surface area contributed by atoms with Gasteiger partial charge in [0.15, 0.2) is 16.7 Å². The smallest absolute Gasteiger partial charge is 0.230 e. The van der Waals surface area contributed by atoms with Gasteiger partial charge in [0.1, 0.15) is 11.5 Å². The predicted octanol–water partition coefficient (Wildman–Crippen LogP) is 8.17. The fourth-order valence-corrected chi connectivity index (χ4v) is 6.31. The number of anilines is 1. The fourth-order valence-electron chi connectivity index (χ4n) is 5.01. The maximum absolute atomic E-state index is 15.1. The summed E-state index contributed by atoms with van der Waals surface area (Å²) in [5.41, 5.74) is 3.07. The molecule has 5 aromatic rings. The van der Waals surface area contributed by atoms with Gasteiger partial charge in [-0.25, -0.2) is 4.39 Å². The molecule has 0 unspecified atom stereocenters. The van der Waals surface area contributed by atoms with Gasteiger partial charge >= 0.3 is 0 Å². The molecule has 1 fully saturated rings. The molecule has 1 amide bonds. The molecule has 1 aliphatic heterocycles. The Kier molecular flexibility index (Phi) is 12.7. The van der Waals surface area contributed by atoms with Crippen molar-refractivity contribution in [2.75, 3.05) is 25.0 Å². The molecule has 1 saturated heterocycles. The SMILES string of the molecule is Cl.Cl.O=C(Cc1ccccc1)NC(=S)Nc1ccc(Oc2ccnc3cc(-c4ccc(OCC5CCNCC5)cc4)sc23)c(F)c1. The van der Waals surface area contributed by atoms with E-state index in [-0.39, 0.29) is 48.0 Å². The highest BCUT2D eigenvalue weighted by atomic mass is 35.5. The molecule has 12 heteroatoms. The summed E-state index contributed by atoms with van der Waals surface area (Å²) in [5, 5.41) is 8.95. The zero-order valence-electron chi connectivity index (χ0n) is 24.7. The van der Waals surface area contributed by atoms with E-state index in [1.54, 1.807) is 18.3 Å². The fraction of sp³-hybridized carbons (Fsp3) is 0.206. The van der Waals surface area contributed by atoms with E-state index in [0.717, 1.165) is 64.5 Å². The minimum Gasteiger partial charge on any atom is -0.493 e. The molecule has 7 nitrogen and oxygen atoms in total. The Morgan fingerprint density at radius 2 is 1.74 bits per heavy atom. The molecule has 6 rings (SSSR count). The lowest BCUT2D eigenvalue weighted by Crippen LogP contribution is -2.35. The monoisotopic (exact) mass is 698 g/mol. The first-order valence-corrected chi connectivity index (χ1v) is 15.7. The van der Waals surface area contributed by atoms with Crippen molar-refractivity contribution in [3.8, 4) is 27.7 Å². The summed E-state index contributed by atoms with van der Waals surface area (Å²) in [6, 6.07) is 25.6. The summed E-state index contributed by atoms with van der Waals surface area (Å²) in [4.78, 5) is 17.8. The average molecular weight is 700 g/mol. The molecule has 240 valence electrons. The second-order valence-electron chi connectivity index (χ2n) is 10.6. The van der Waals surface area contributed by atoms with Crippen LogP contribution in [0.4, 0.5) is 10.1 Å². The number of halogens is 3. The number of rotatable bonds is 9. The Bertz CT molecular complexity index is 1770.